The van der Waals surface area contributed by atoms with Crippen LogP contribution in [-0.2, 0) is 11.3 Å². The average molecular weight is 425 g/mol. The molecular formula is C22H28N6O3. The summed E-state index contributed by atoms with van der Waals surface area (Å²) < 4.78 is 8.84. The molecule has 2 aliphatic heterocycles. The second-order valence-electron chi connectivity index (χ2n) is 8.41. The Hall–Kier alpha value is -2.94. The summed E-state index contributed by atoms with van der Waals surface area (Å²) in [4.78, 5) is 33.6. The highest BCUT2D eigenvalue weighted by molar-refractivity contribution is 5.78. The zero-order valence-electron chi connectivity index (χ0n) is 17.9. The van der Waals surface area contributed by atoms with Crippen LogP contribution in [0.1, 0.15) is 44.4 Å². The predicted molar refractivity (Wildman–Crippen MR) is 115 cm³/mol. The quantitative estimate of drug-likeness (QED) is 0.576. The summed E-state index contributed by atoms with van der Waals surface area (Å²) in [5.41, 5.74) is 1.50. The van der Waals surface area contributed by atoms with Gasteiger partial charge in [0, 0.05) is 32.6 Å². The van der Waals surface area contributed by atoms with Crippen molar-refractivity contribution in [3.8, 4) is 5.95 Å². The van der Waals surface area contributed by atoms with E-state index in [0.29, 0.717) is 24.8 Å². The predicted octanol–water partition coefficient (Wildman–Crippen LogP) is 2.00. The number of benzene rings is 1. The minimum absolute atomic E-state index is 0.152. The Kier molecular flexibility index (Phi) is 5.35. The van der Waals surface area contributed by atoms with E-state index >= 15 is 0 Å². The standard InChI is InChI=1S/C22H28N6O3/c1-2-27-17-7-3-4-8-18(17)28(22(27)30)21-23-20(31-24-21)16-10-14-25(15-16)11-6-13-26-12-5-9-19(26)29/h3-4,7-8,16H,2,5-6,9-15H2,1H3. The Labute approximate surface area is 180 Å². The molecular weight excluding hydrogens is 396 g/mol. The fourth-order valence-electron chi connectivity index (χ4n) is 4.85. The third kappa shape index (κ3) is 3.67. The molecule has 5 rings (SSSR count). The van der Waals surface area contributed by atoms with Gasteiger partial charge < -0.3 is 14.3 Å². The Morgan fingerprint density at radius 1 is 1.13 bits per heavy atom. The number of imidazole rings is 1. The number of rotatable bonds is 7. The molecule has 0 saturated carbocycles. The average Bonchev–Trinajstić information content (AvgIpc) is 3.54. The van der Waals surface area contributed by atoms with E-state index in [-0.39, 0.29) is 17.5 Å². The molecule has 2 aromatic heterocycles. The van der Waals surface area contributed by atoms with Gasteiger partial charge in [-0.15, -0.1) is 0 Å². The highest BCUT2D eigenvalue weighted by atomic mass is 16.5. The zero-order valence-corrected chi connectivity index (χ0v) is 17.9. The van der Waals surface area contributed by atoms with Gasteiger partial charge >= 0.3 is 5.69 Å². The Morgan fingerprint density at radius 3 is 2.74 bits per heavy atom. The SMILES string of the molecule is CCn1c(=O)n(-c2noc(C3CCN(CCCN4CCCC4=O)C3)n2)c2ccccc21. The molecule has 2 saturated heterocycles. The van der Waals surface area contributed by atoms with Crippen molar-refractivity contribution in [1.29, 1.82) is 0 Å². The number of amides is 1. The second kappa shape index (κ2) is 8.30. The van der Waals surface area contributed by atoms with Crippen LogP contribution in [0.4, 0.5) is 0 Å². The molecule has 3 aromatic rings. The normalized spacial score (nSPS) is 19.8. The number of carbonyl (C=O) groups is 1. The van der Waals surface area contributed by atoms with Crippen LogP contribution in [0.2, 0.25) is 0 Å². The van der Waals surface area contributed by atoms with Crippen molar-refractivity contribution >= 4 is 16.9 Å². The number of carbonyl (C=O) groups excluding carboxylic acids is 1. The van der Waals surface area contributed by atoms with Crippen LogP contribution in [0.3, 0.4) is 0 Å². The summed E-state index contributed by atoms with van der Waals surface area (Å²) in [6.45, 7) is 7.08. The second-order valence-corrected chi connectivity index (χ2v) is 8.41. The molecule has 4 heterocycles. The summed E-state index contributed by atoms with van der Waals surface area (Å²) in [5, 5.41) is 4.14. The number of aryl methyl sites for hydroxylation is 1. The molecule has 2 aliphatic rings. The molecule has 2 fully saturated rings. The van der Waals surface area contributed by atoms with E-state index in [0.717, 1.165) is 63.0 Å². The first-order chi connectivity index (χ1) is 15.2. The van der Waals surface area contributed by atoms with Crippen LogP contribution in [-0.4, -0.2) is 67.7 Å². The number of nitrogens with zero attached hydrogens (tertiary/aromatic N) is 6. The number of aromatic nitrogens is 4. The molecule has 1 aromatic carbocycles. The van der Waals surface area contributed by atoms with Gasteiger partial charge in [0.1, 0.15) is 0 Å². The van der Waals surface area contributed by atoms with Gasteiger partial charge in [-0.25, -0.2) is 9.36 Å². The number of hydrogen-bond donors (Lipinski definition) is 0. The van der Waals surface area contributed by atoms with Gasteiger partial charge in [0.15, 0.2) is 0 Å². The first kappa shape index (κ1) is 20.0. The van der Waals surface area contributed by atoms with E-state index in [1.54, 1.807) is 4.57 Å². The zero-order chi connectivity index (χ0) is 21.4. The first-order valence-corrected chi connectivity index (χ1v) is 11.2. The summed E-state index contributed by atoms with van der Waals surface area (Å²) in [6, 6.07) is 7.67. The van der Waals surface area contributed by atoms with Crippen molar-refractivity contribution in [2.75, 3.05) is 32.7 Å². The maximum atomic E-state index is 12.9. The monoisotopic (exact) mass is 424 g/mol. The number of hydrogen-bond acceptors (Lipinski definition) is 6. The van der Waals surface area contributed by atoms with Gasteiger partial charge in [-0.05, 0) is 56.6 Å². The molecule has 0 radical (unpaired) electrons. The van der Waals surface area contributed by atoms with Crippen LogP contribution >= 0.6 is 0 Å². The highest BCUT2D eigenvalue weighted by Gasteiger charge is 2.29. The maximum Gasteiger partial charge on any atom is 0.336 e. The lowest BCUT2D eigenvalue weighted by atomic mass is 10.1. The van der Waals surface area contributed by atoms with E-state index in [9.17, 15) is 9.59 Å². The van der Waals surface area contributed by atoms with Gasteiger partial charge in [0.2, 0.25) is 11.8 Å². The Morgan fingerprint density at radius 2 is 1.97 bits per heavy atom. The third-order valence-electron chi connectivity index (χ3n) is 6.48. The topological polar surface area (TPSA) is 89.4 Å². The van der Waals surface area contributed by atoms with Crippen molar-refractivity contribution in [1.82, 2.24) is 29.1 Å². The lowest BCUT2D eigenvalue weighted by molar-refractivity contribution is -0.127. The smallest absolute Gasteiger partial charge is 0.336 e. The van der Waals surface area contributed by atoms with Crippen LogP contribution < -0.4 is 5.69 Å². The summed E-state index contributed by atoms with van der Waals surface area (Å²) >= 11 is 0. The minimum atomic E-state index is -0.152. The van der Waals surface area contributed by atoms with E-state index in [1.807, 2.05) is 36.1 Å². The molecule has 164 valence electrons. The van der Waals surface area contributed by atoms with Crippen molar-refractivity contribution in [3.05, 3.63) is 40.6 Å². The molecule has 9 nitrogen and oxygen atoms in total. The van der Waals surface area contributed by atoms with E-state index in [2.05, 4.69) is 15.0 Å². The lowest BCUT2D eigenvalue weighted by Crippen LogP contribution is -2.29. The fraction of sp³-hybridized carbons (Fsp3) is 0.545. The summed E-state index contributed by atoms with van der Waals surface area (Å²) in [6.07, 6.45) is 3.63. The first-order valence-electron chi connectivity index (χ1n) is 11.2. The van der Waals surface area contributed by atoms with Crippen LogP contribution in [0.5, 0.6) is 0 Å². The number of likely N-dealkylation sites (tertiary alicyclic amines) is 2. The Balaban J connectivity index is 1.27. The molecule has 0 N–H and O–H groups in total. The maximum absolute atomic E-state index is 12.9. The minimum Gasteiger partial charge on any atom is -0.343 e. The molecule has 1 atom stereocenters. The van der Waals surface area contributed by atoms with E-state index < -0.39 is 0 Å². The summed E-state index contributed by atoms with van der Waals surface area (Å²) in [7, 11) is 0. The van der Waals surface area contributed by atoms with Gasteiger partial charge in [-0.2, -0.15) is 4.98 Å². The van der Waals surface area contributed by atoms with Gasteiger partial charge in [-0.1, -0.05) is 12.1 Å². The fourth-order valence-corrected chi connectivity index (χ4v) is 4.85. The molecule has 9 heteroatoms. The van der Waals surface area contributed by atoms with Crippen LogP contribution in [0, 0.1) is 0 Å². The molecule has 1 unspecified atom stereocenters. The van der Waals surface area contributed by atoms with Crippen LogP contribution in [0.25, 0.3) is 17.0 Å². The molecule has 0 spiro atoms. The largest absolute Gasteiger partial charge is 0.343 e. The molecule has 0 aliphatic carbocycles. The van der Waals surface area contributed by atoms with Crippen molar-refractivity contribution in [3.63, 3.8) is 0 Å². The number of fused-ring (bicyclic) bond motifs is 1. The number of para-hydroxylation sites is 2. The van der Waals surface area contributed by atoms with E-state index in [4.69, 9.17) is 4.52 Å². The third-order valence-corrected chi connectivity index (χ3v) is 6.48. The summed E-state index contributed by atoms with van der Waals surface area (Å²) in [5.74, 6) is 1.35. The van der Waals surface area contributed by atoms with Crippen molar-refractivity contribution < 1.29 is 9.32 Å². The molecule has 0 bridgehead atoms. The van der Waals surface area contributed by atoms with Gasteiger partial charge in [0.25, 0.3) is 5.95 Å². The molecule has 1 amide bonds. The van der Waals surface area contributed by atoms with Gasteiger partial charge in [-0.3, -0.25) is 9.36 Å². The van der Waals surface area contributed by atoms with Crippen molar-refractivity contribution in [2.45, 2.75) is 45.1 Å². The van der Waals surface area contributed by atoms with E-state index in [1.165, 1.54) is 4.57 Å². The Bertz CT molecular complexity index is 1150. The highest BCUT2D eigenvalue weighted by Crippen LogP contribution is 2.27. The van der Waals surface area contributed by atoms with Crippen molar-refractivity contribution in [2.24, 2.45) is 0 Å². The van der Waals surface area contributed by atoms with Gasteiger partial charge in [0.05, 0.1) is 17.0 Å². The molecule has 31 heavy (non-hydrogen) atoms. The van der Waals surface area contributed by atoms with Crippen LogP contribution in [0.15, 0.2) is 33.6 Å². The lowest BCUT2D eigenvalue weighted by Gasteiger charge is -2.19.